The van der Waals surface area contributed by atoms with Crippen LogP contribution in [0.2, 0.25) is 0 Å². The average molecular weight is 1070 g/mol. The minimum atomic E-state index is -0.811. The minimum absolute atomic E-state index is 0.101. The molecule has 0 aromatic heterocycles. The molecule has 0 amide bonds. The van der Waals surface area contributed by atoms with E-state index in [4.69, 9.17) is 14.2 Å². The van der Waals surface area contributed by atoms with Crippen LogP contribution in [0.4, 0.5) is 0 Å². The van der Waals surface area contributed by atoms with Gasteiger partial charge >= 0.3 is 17.9 Å². The summed E-state index contributed by atoms with van der Waals surface area (Å²) in [5.74, 6) is -0.960. The quantitative estimate of drug-likeness (QED) is 0.0261. The van der Waals surface area contributed by atoms with Crippen molar-refractivity contribution in [3.05, 3.63) is 97.2 Å². The molecule has 0 spiro atoms. The molecule has 0 saturated heterocycles. The second-order valence-electron chi connectivity index (χ2n) is 21.6. The smallest absolute Gasteiger partial charge is 0.306 e. The van der Waals surface area contributed by atoms with Crippen LogP contribution in [0, 0.1) is 0 Å². The SMILES string of the molecule is CC/C=C\C/C=C\C/C=C\C/C=C\C/C=C\CCCC(=O)OC(COC(=O)CCCCCCC/C=C\CCCCCC)COC(=O)CCCCCCCCCCCCCCCCCCC/C=C\C/C=C\CCCCCCC. The average Bonchev–Trinajstić information content (AvgIpc) is 3.43. The van der Waals surface area contributed by atoms with Crippen LogP contribution in [0.25, 0.3) is 0 Å². The third-order valence-electron chi connectivity index (χ3n) is 14.0. The van der Waals surface area contributed by atoms with Gasteiger partial charge in [-0.1, -0.05) is 279 Å². The predicted octanol–water partition coefficient (Wildman–Crippen LogP) is 22.4. The van der Waals surface area contributed by atoms with Crippen molar-refractivity contribution in [3.63, 3.8) is 0 Å². The lowest BCUT2D eigenvalue weighted by Crippen LogP contribution is -2.30. The van der Waals surface area contributed by atoms with Crippen molar-refractivity contribution >= 4 is 17.9 Å². The molecule has 0 heterocycles. The molecule has 0 radical (unpaired) electrons. The maximum Gasteiger partial charge on any atom is 0.306 e. The Morgan fingerprint density at radius 1 is 0.273 bits per heavy atom. The zero-order chi connectivity index (χ0) is 55.7. The zero-order valence-electron chi connectivity index (χ0n) is 50.7. The summed E-state index contributed by atoms with van der Waals surface area (Å²) in [5, 5.41) is 0. The second-order valence-corrected chi connectivity index (χ2v) is 21.6. The van der Waals surface area contributed by atoms with Gasteiger partial charge in [0.25, 0.3) is 0 Å². The van der Waals surface area contributed by atoms with Gasteiger partial charge < -0.3 is 14.2 Å². The van der Waals surface area contributed by atoms with Gasteiger partial charge in [0.05, 0.1) is 0 Å². The fourth-order valence-corrected chi connectivity index (χ4v) is 9.15. The molecule has 77 heavy (non-hydrogen) atoms. The molecule has 0 aliphatic heterocycles. The first kappa shape index (κ1) is 73.3. The van der Waals surface area contributed by atoms with Crippen molar-refractivity contribution in [1.29, 1.82) is 0 Å². The number of rotatable bonds is 59. The van der Waals surface area contributed by atoms with Crippen LogP contribution in [0.3, 0.4) is 0 Å². The van der Waals surface area contributed by atoms with Crippen molar-refractivity contribution in [2.24, 2.45) is 0 Å². The molecule has 442 valence electrons. The highest BCUT2D eigenvalue weighted by Crippen LogP contribution is 2.16. The highest BCUT2D eigenvalue weighted by atomic mass is 16.6. The molecule has 1 unspecified atom stereocenters. The van der Waals surface area contributed by atoms with E-state index in [1.54, 1.807) is 0 Å². The predicted molar refractivity (Wildman–Crippen MR) is 334 cm³/mol. The van der Waals surface area contributed by atoms with Crippen molar-refractivity contribution in [3.8, 4) is 0 Å². The summed E-state index contributed by atoms with van der Waals surface area (Å²) in [6, 6.07) is 0. The van der Waals surface area contributed by atoms with Gasteiger partial charge in [-0.15, -0.1) is 0 Å². The van der Waals surface area contributed by atoms with Gasteiger partial charge in [0, 0.05) is 19.3 Å². The van der Waals surface area contributed by atoms with E-state index in [-0.39, 0.29) is 37.5 Å². The topological polar surface area (TPSA) is 78.9 Å². The highest BCUT2D eigenvalue weighted by molar-refractivity contribution is 5.71. The molecule has 0 aliphatic rings. The van der Waals surface area contributed by atoms with Crippen molar-refractivity contribution < 1.29 is 28.6 Å². The standard InChI is InChI=1S/C71H122O6/c1-4-7-10-13-16-19-22-25-27-29-30-31-32-33-34-35-36-37-38-39-40-42-43-46-49-52-55-58-61-64-70(73)76-67-68(66-75-69(72)63-60-57-54-51-48-45-24-21-18-15-12-9-6-3)77-71(74)65-62-59-56-53-50-47-44-41-28-26-23-20-17-14-11-8-5-2/h8,11,17,20-22,24-26,28-30,44,47,53,56,68H,4-7,9-10,12-16,18-19,23,27,31-43,45-46,48-52,54-55,57-67H2,1-3H3/b11-8-,20-17-,24-21-,25-22-,28-26-,30-29-,47-44-,56-53-. The molecule has 6 heteroatoms. The molecule has 0 fully saturated rings. The number of hydrogen-bond donors (Lipinski definition) is 0. The molecule has 0 rings (SSSR count). The fraction of sp³-hybridized carbons (Fsp3) is 0.732. The van der Waals surface area contributed by atoms with Crippen LogP contribution in [0.15, 0.2) is 97.2 Å². The van der Waals surface area contributed by atoms with E-state index < -0.39 is 6.10 Å². The van der Waals surface area contributed by atoms with Gasteiger partial charge in [0.2, 0.25) is 0 Å². The lowest BCUT2D eigenvalue weighted by molar-refractivity contribution is -0.167. The third-order valence-corrected chi connectivity index (χ3v) is 14.0. The highest BCUT2D eigenvalue weighted by Gasteiger charge is 2.19. The Bertz CT molecular complexity index is 1510. The summed E-state index contributed by atoms with van der Waals surface area (Å²) in [6.07, 6.45) is 87.2. The lowest BCUT2D eigenvalue weighted by atomic mass is 10.0. The molecular formula is C71H122O6. The number of carbonyl (C=O) groups is 3. The summed E-state index contributed by atoms with van der Waals surface area (Å²) in [6.45, 7) is 6.47. The van der Waals surface area contributed by atoms with Crippen LogP contribution in [0.5, 0.6) is 0 Å². The molecule has 0 aliphatic carbocycles. The van der Waals surface area contributed by atoms with Crippen LogP contribution in [-0.4, -0.2) is 37.2 Å². The second kappa shape index (κ2) is 64.9. The maximum atomic E-state index is 12.9. The fourth-order valence-electron chi connectivity index (χ4n) is 9.15. The van der Waals surface area contributed by atoms with E-state index in [1.165, 1.54) is 173 Å². The van der Waals surface area contributed by atoms with E-state index in [0.717, 1.165) is 96.3 Å². The van der Waals surface area contributed by atoms with Gasteiger partial charge in [-0.25, -0.2) is 0 Å². The molecule has 6 nitrogen and oxygen atoms in total. The molecule has 0 saturated carbocycles. The molecule has 0 aromatic carbocycles. The van der Waals surface area contributed by atoms with Gasteiger partial charge in [-0.3, -0.25) is 14.4 Å². The van der Waals surface area contributed by atoms with E-state index in [9.17, 15) is 14.4 Å². The Kier molecular flexibility index (Phi) is 61.8. The Morgan fingerprint density at radius 2 is 0.519 bits per heavy atom. The van der Waals surface area contributed by atoms with E-state index in [1.807, 2.05) is 0 Å². The number of carbonyl (C=O) groups excluding carboxylic acids is 3. The van der Waals surface area contributed by atoms with Gasteiger partial charge in [0.15, 0.2) is 6.10 Å². The van der Waals surface area contributed by atoms with Crippen molar-refractivity contribution in [2.75, 3.05) is 13.2 Å². The Morgan fingerprint density at radius 3 is 0.857 bits per heavy atom. The first-order valence-electron chi connectivity index (χ1n) is 32.7. The van der Waals surface area contributed by atoms with E-state index >= 15 is 0 Å². The number of allylic oxidation sites excluding steroid dienone is 16. The molecule has 1 atom stereocenters. The van der Waals surface area contributed by atoms with E-state index in [0.29, 0.717) is 19.3 Å². The summed E-state index contributed by atoms with van der Waals surface area (Å²) < 4.78 is 16.9. The summed E-state index contributed by atoms with van der Waals surface area (Å²) in [4.78, 5) is 38.2. The van der Waals surface area contributed by atoms with Crippen molar-refractivity contribution in [1.82, 2.24) is 0 Å². The Labute approximate surface area is 477 Å². The Hall–Kier alpha value is -3.67. The minimum Gasteiger partial charge on any atom is -0.462 e. The number of hydrogen-bond acceptors (Lipinski definition) is 6. The summed E-state index contributed by atoms with van der Waals surface area (Å²) in [7, 11) is 0. The third kappa shape index (κ3) is 63.0. The van der Waals surface area contributed by atoms with Gasteiger partial charge in [-0.05, 0) is 116 Å². The molecule has 0 bridgehead atoms. The van der Waals surface area contributed by atoms with Gasteiger partial charge in [0.1, 0.15) is 13.2 Å². The zero-order valence-corrected chi connectivity index (χ0v) is 50.7. The Balaban J connectivity index is 4.28. The summed E-state index contributed by atoms with van der Waals surface area (Å²) in [5.41, 5.74) is 0. The maximum absolute atomic E-state index is 12.9. The van der Waals surface area contributed by atoms with Crippen LogP contribution in [0.1, 0.15) is 316 Å². The van der Waals surface area contributed by atoms with Crippen LogP contribution >= 0.6 is 0 Å². The first-order chi connectivity index (χ1) is 38.0. The number of unbranched alkanes of at least 4 members (excludes halogenated alkanes) is 32. The molecular weight excluding hydrogens is 949 g/mol. The lowest BCUT2D eigenvalue weighted by Gasteiger charge is -2.18. The number of ether oxygens (including phenoxy) is 3. The van der Waals surface area contributed by atoms with Crippen molar-refractivity contribution in [2.45, 2.75) is 322 Å². The van der Waals surface area contributed by atoms with E-state index in [2.05, 4.69) is 118 Å². The normalized spacial score (nSPS) is 12.7. The first-order valence-corrected chi connectivity index (χ1v) is 32.7. The molecule has 0 aromatic rings. The molecule has 0 N–H and O–H groups in total. The van der Waals surface area contributed by atoms with Crippen LogP contribution in [-0.2, 0) is 28.6 Å². The summed E-state index contributed by atoms with van der Waals surface area (Å²) >= 11 is 0. The largest absolute Gasteiger partial charge is 0.462 e. The van der Waals surface area contributed by atoms with Crippen LogP contribution < -0.4 is 0 Å². The van der Waals surface area contributed by atoms with Gasteiger partial charge in [-0.2, -0.15) is 0 Å². The number of esters is 3. The monoisotopic (exact) mass is 1070 g/mol.